The maximum atomic E-state index is 5.44. The third-order valence-electron chi connectivity index (χ3n) is 2.99. The fraction of sp³-hybridized carbons (Fsp3) is 0. The normalized spacial score (nSPS) is 14.1. The number of hydrazone groups is 1. The van der Waals surface area contributed by atoms with Gasteiger partial charge in [0.25, 0.3) is 0 Å². The van der Waals surface area contributed by atoms with Crippen molar-refractivity contribution in [2.75, 3.05) is 0 Å². The van der Waals surface area contributed by atoms with E-state index in [1.807, 2.05) is 30.3 Å². The van der Waals surface area contributed by atoms with Crippen molar-refractivity contribution in [3.8, 4) is 11.1 Å². The first kappa shape index (κ1) is 12.3. The van der Waals surface area contributed by atoms with Crippen LogP contribution in [0.1, 0.15) is 11.1 Å². The number of benzene rings is 2. The molecule has 0 aromatic heterocycles. The Morgan fingerprint density at radius 2 is 1.74 bits per heavy atom. The van der Waals surface area contributed by atoms with Crippen LogP contribution in [0.25, 0.3) is 11.1 Å². The molecule has 1 aliphatic carbocycles. The van der Waals surface area contributed by atoms with Crippen molar-refractivity contribution in [3.05, 3.63) is 58.1 Å². The van der Waals surface area contributed by atoms with E-state index in [4.69, 9.17) is 18.0 Å². The monoisotopic (exact) mass is 331 g/mol. The van der Waals surface area contributed by atoms with E-state index in [1.54, 1.807) is 0 Å². The van der Waals surface area contributed by atoms with Crippen molar-refractivity contribution < 1.29 is 0 Å². The summed E-state index contributed by atoms with van der Waals surface area (Å²) in [5, 5.41) is 4.48. The van der Waals surface area contributed by atoms with E-state index in [9.17, 15) is 0 Å². The Kier molecular flexibility index (Phi) is 3.08. The predicted molar refractivity (Wildman–Crippen MR) is 85.1 cm³/mol. The molecule has 0 amide bonds. The van der Waals surface area contributed by atoms with Crippen molar-refractivity contribution >= 4 is 39.0 Å². The largest absolute Gasteiger partial charge is 0.375 e. The number of halogens is 1. The Labute approximate surface area is 124 Å². The fourth-order valence-corrected chi connectivity index (χ4v) is 2.65. The van der Waals surface area contributed by atoms with Gasteiger partial charge in [-0.3, -0.25) is 5.43 Å². The van der Waals surface area contributed by atoms with Crippen LogP contribution in [0, 0.1) is 0 Å². The molecule has 0 aliphatic heterocycles. The molecule has 0 saturated heterocycles. The van der Waals surface area contributed by atoms with Crippen LogP contribution in [0.3, 0.4) is 0 Å². The SMILES string of the molecule is NC(=S)N/N=C1/c2ccccc2-c2cc(Br)ccc21. The summed E-state index contributed by atoms with van der Waals surface area (Å²) in [4.78, 5) is 0. The second-order valence-corrected chi connectivity index (χ2v) is 5.53. The van der Waals surface area contributed by atoms with Crippen LogP contribution in [0.5, 0.6) is 0 Å². The van der Waals surface area contributed by atoms with Crippen LogP contribution >= 0.6 is 28.1 Å². The molecule has 0 atom stereocenters. The third kappa shape index (κ3) is 2.15. The van der Waals surface area contributed by atoms with Crippen LogP contribution in [0.15, 0.2) is 52.0 Å². The van der Waals surface area contributed by atoms with Crippen LogP contribution in [-0.4, -0.2) is 10.8 Å². The fourth-order valence-electron chi connectivity index (χ4n) is 2.25. The predicted octanol–water partition coefficient (Wildman–Crippen LogP) is 3.02. The van der Waals surface area contributed by atoms with E-state index in [2.05, 4.69) is 38.6 Å². The van der Waals surface area contributed by atoms with Crippen molar-refractivity contribution in [2.24, 2.45) is 10.8 Å². The lowest BCUT2D eigenvalue weighted by molar-refractivity contribution is 1.03. The van der Waals surface area contributed by atoms with E-state index in [1.165, 1.54) is 5.56 Å². The summed E-state index contributed by atoms with van der Waals surface area (Å²) in [6.07, 6.45) is 0. The number of nitrogens with zero attached hydrogens (tertiary/aromatic N) is 1. The van der Waals surface area contributed by atoms with Crippen molar-refractivity contribution in [1.29, 1.82) is 0 Å². The summed E-state index contributed by atoms with van der Waals surface area (Å²) in [6.45, 7) is 0. The van der Waals surface area contributed by atoms with Gasteiger partial charge in [0.15, 0.2) is 5.11 Å². The van der Waals surface area contributed by atoms with Gasteiger partial charge in [-0.25, -0.2) is 0 Å². The van der Waals surface area contributed by atoms with E-state index in [-0.39, 0.29) is 5.11 Å². The van der Waals surface area contributed by atoms with Gasteiger partial charge >= 0.3 is 0 Å². The van der Waals surface area contributed by atoms with E-state index in [0.29, 0.717) is 0 Å². The minimum atomic E-state index is 0.163. The van der Waals surface area contributed by atoms with Gasteiger partial charge in [0.2, 0.25) is 0 Å². The van der Waals surface area contributed by atoms with E-state index in [0.717, 1.165) is 26.9 Å². The Morgan fingerprint density at radius 1 is 1.05 bits per heavy atom. The molecule has 2 aromatic carbocycles. The van der Waals surface area contributed by atoms with Gasteiger partial charge < -0.3 is 5.73 Å². The van der Waals surface area contributed by atoms with Gasteiger partial charge in [-0.15, -0.1) is 0 Å². The second-order valence-electron chi connectivity index (χ2n) is 4.17. The van der Waals surface area contributed by atoms with E-state index < -0.39 is 0 Å². The highest BCUT2D eigenvalue weighted by molar-refractivity contribution is 9.10. The van der Waals surface area contributed by atoms with Crippen LogP contribution in [0.2, 0.25) is 0 Å². The molecule has 19 heavy (non-hydrogen) atoms. The molecule has 3 nitrogen and oxygen atoms in total. The van der Waals surface area contributed by atoms with Gasteiger partial charge in [0, 0.05) is 15.6 Å². The minimum absolute atomic E-state index is 0.163. The Bertz CT molecular complexity index is 710. The first-order valence-electron chi connectivity index (χ1n) is 5.69. The number of rotatable bonds is 1. The highest BCUT2D eigenvalue weighted by Crippen LogP contribution is 2.38. The van der Waals surface area contributed by atoms with Gasteiger partial charge in [0.05, 0.1) is 5.71 Å². The van der Waals surface area contributed by atoms with Crippen LogP contribution in [0.4, 0.5) is 0 Å². The summed E-state index contributed by atoms with van der Waals surface area (Å²) >= 11 is 8.30. The van der Waals surface area contributed by atoms with Crippen LogP contribution in [-0.2, 0) is 0 Å². The number of fused-ring (bicyclic) bond motifs is 3. The molecular weight excluding hydrogens is 322 g/mol. The molecule has 5 heteroatoms. The molecule has 2 aromatic rings. The van der Waals surface area contributed by atoms with Crippen molar-refractivity contribution in [3.63, 3.8) is 0 Å². The van der Waals surface area contributed by atoms with Crippen LogP contribution < -0.4 is 11.2 Å². The van der Waals surface area contributed by atoms with Gasteiger partial charge in [-0.2, -0.15) is 5.10 Å². The minimum Gasteiger partial charge on any atom is -0.375 e. The molecule has 0 unspecified atom stereocenters. The van der Waals surface area contributed by atoms with Gasteiger partial charge in [-0.05, 0) is 35.5 Å². The molecule has 1 aliphatic rings. The van der Waals surface area contributed by atoms with Crippen molar-refractivity contribution in [1.82, 2.24) is 5.43 Å². The number of hydrogen-bond acceptors (Lipinski definition) is 2. The summed E-state index contributed by atoms with van der Waals surface area (Å²) in [5.74, 6) is 0. The standard InChI is InChI=1S/C14H10BrN3S/c15-8-5-6-11-12(7-8)9-3-1-2-4-10(9)13(11)17-18-14(16)19/h1-7H,(H3,16,18,19)/b17-13-. The summed E-state index contributed by atoms with van der Waals surface area (Å²) in [5.41, 5.74) is 13.5. The Hall–Kier alpha value is -1.72. The maximum absolute atomic E-state index is 5.44. The first-order chi connectivity index (χ1) is 9.16. The van der Waals surface area contributed by atoms with Crippen molar-refractivity contribution in [2.45, 2.75) is 0 Å². The quantitative estimate of drug-likeness (QED) is 0.532. The summed E-state index contributed by atoms with van der Waals surface area (Å²) in [6, 6.07) is 14.3. The Balaban J connectivity index is 2.22. The van der Waals surface area contributed by atoms with E-state index >= 15 is 0 Å². The average molecular weight is 332 g/mol. The maximum Gasteiger partial charge on any atom is 0.184 e. The average Bonchev–Trinajstić information content (AvgIpc) is 2.70. The van der Waals surface area contributed by atoms with Gasteiger partial charge in [-0.1, -0.05) is 46.3 Å². The zero-order valence-electron chi connectivity index (χ0n) is 9.85. The molecule has 0 spiro atoms. The molecule has 94 valence electrons. The van der Waals surface area contributed by atoms with Gasteiger partial charge in [0.1, 0.15) is 0 Å². The highest BCUT2D eigenvalue weighted by Gasteiger charge is 2.24. The Morgan fingerprint density at radius 3 is 2.47 bits per heavy atom. The number of nitrogens with two attached hydrogens (primary N) is 1. The molecule has 0 radical (unpaired) electrons. The highest BCUT2D eigenvalue weighted by atomic mass is 79.9. The zero-order valence-corrected chi connectivity index (χ0v) is 12.3. The lowest BCUT2D eigenvalue weighted by atomic mass is 10.1. The molecule has 3 N–H and O–H groups in total. The second kappa shape index (κ2) is 4.75. The zero-order chi connectivity index (χ0) is 13.4. The topological polar surface area (TPSA) is 50.4 Å². The molecular formula is C14H10BrN3S. The first-order valence-corrected chi connectivity index (χ1v) is 6.90. The number of hydrogen-bond donors (Lipinski definition) is 2. The molecule has 0 fully saturated rings. The lowest BCUT2D eigenvalue weighted by Crippen LogP contribution is -2.25. The third-order valence-corrected chi connectivity index (χ3v) is 3.57. The molecule has 0 bridgehead atoms. The molecule has 0 heterocycles. The molecule has 0 saturated carbocycles. The number of thiocarbonyl (C=S) groups is 1. The number of nitrogens with one attached hydrogen (secondary N) is 1. The summed E-state index contributed by atoms with van der Waals surface area (Å²) < 4.78 is 1.05. The summed E-state index contributed by atoms with van der Waals surface area (Å²) in [7, 11) is 0. The smallest absolute Gasteiger partial charge is 0.184 e. The lowest BCUT2D eigenvalue weighted by Gasteiger charge is -2.02. The molecule has 3 rings (SSSR count).